The van der Waals surface area contributed by atoms with Crippen molar-refractivity contribution in [3.63, 3.8) is 0 Å². The van der Waals surface area contributed by atoms with E-state index in [4.69, 9.17) is 11.6 Å². The van der Waals surface area contributed by atoms with Crippen LogP contribution >= 0.6 is 34.2 Å². The molecule has 0 bridgehead atoms. The van der Waals surface area contributed by atoms with Crippen molar-refractivity contribution in [2.75, 3.05) is 5.32 Å². The zero-order chi connectivity index (χ0) is 24.8. The van der Waals surface area contributed by atoms with Crippen LogP contribution in [0.3, 0.4) is 0 Å². The molecule has 0 radical (unpaired) electrons. The van der Waals surface area contributed by atoms with Gasteiger partial charge in [-0.1, -0.05) is 46.3 Å². The number of alkyl halides is 1. The highest BCUT2D eigenvalue weighted by atomic mass is 127. The molecule has 2 aromatic rings. The Kier molecular flexibility index (Phi) is 7.14. The molecule has 4 atom stereocenters. The molecule has 182 valence electrons. The first kappa shape index (κ1) is 25.2. The summed E-state index contributed by atoms with van der Waals surface area (Å²) in [7, 11) is 0. The zero-order valence-corrected chi connectivity index (χ0v) is 20.8. The van der Waals surface area contributed by atoms with Crippen LogP contribution in [0.4, 0.5) is 18.9 Å². The molecule has 1 aliphatic carbocycles. The lowest BCUT2D eigenvalue weighted by atomic mass is 9.77. The zero-order valence-electron chi connectivity index (χ0n) is 17.9. The largest absolute Gasteiger partial charge is 0.390 e. The molecule has 2 amide bonds. The molecule has 6 nitrogen and oxygen atoms in total. The van der Waals surface area contributed by atoms with Gasteiger partial charge in [-0.15, -0.1) is 0 Å². The molecule has 11 heteroatoms. The number of hydrogen-bond donors (Lipinski definition) is 4. The number of anilines is 1. The van der Waals surface area contributed by atoms with Gasteiger partial charge in [0.1, 0.15) is 5.82 Å². The van der Waals surface area contributed by atoms with Gasteiger partial charge in [-0.3, -0.25) is 14.9 Å². The van der Waals surface area contributed by atoms with Crippen LogP contribution < -0.4 is 16.0 Å². The predicted octanol–water partition coefficient (Wildman–Crippen LogP) is 3.86. The predicted molar refractivity (Wildman–Crippen MR) is 129 cm³/mol. The lowest BCUT2D eigenvalue weighted by Crippen LogP contribution is -2.57. The number of carbonyl (C=O) groups excluding carboxylic acids is 2. The fraction of sp³-hybridized carbons (Fsp3) is 0.391. The van der Waals surface area contributed by atoms with Crippen LogP contribution in [0.2, 0.25) is 5.02 Å². The van der Waals surface area contributed by atoms with E-state index in [2.05, 4.69) is 16.0 Å². The minimum atomic E-state index is -1.13. The maximum absolute atomic E-state index is 15.1. The van der Waals surface area contributed by atoms with E-state index >= 15 is 4.39 Å². The number of rotatable bonds is 5. The Labute approximate surface area is 212 Å². The van der Waals surface area contributed by atoms with E-state index in [0.29, 0.717) is 12.8 Å². The van der Waals surface area contributed by atoms with E-state index in [9.17, 15) is 23.5 Å². The van der Waals surface area contributed by atoms with Crippen LogP contribution in [0.15, 0.2) is 36.4 Å². The molecule has 0 spiro atoms. The summed E-state index contributed by atoms with van der Waals surface area (Å²) >= 11 is 7.95. The average Bonchev–Trinajstić information content (AvgIpc) is 3.08. The molecule has 2 fully saturated rings. The maximum Gasteiger partial charge on any atom is 0.238 e. The van der Waals surface area contributed by atoms with Gasteiger partial charge in [-0.2, -0.15) is 0 Å². The van der Waals surface area contributed by atoms with Gasteiger partial charge in [-0.05, 0) is 43.5 Å². The first-order valence-corrected chi connectivity index (χ1v) is 12.2. The van der Waals surface area contributed by atoms with Gasteiger partial charge in [0.05, 0.1) is 26.6 Å². The minimum Gasteiger partial charge on any atom is -0.390 e. The highest BCUT2D eigenvalue weighted by Gasteiger charge is 2.51. The van der Waals surface area contributed by atoms with Gasteiger partial charge in [0.15, 0.2) is 11.6 Å². The normalized spacial score (nSPS) is 30.5. The lowest BCUT2D eigenvalue weighted by molar-refractivity contribution is -0.127. The van der Waals surface area contributed by atoms with Gasteiger partial charge < -0.3 is 15.7 Å². The van der Waals surface area contributed by atoms with E-state index in [0.717, 1.165) is 12.1 Å². The van der Waals surface area contributed by atoms with Crippen LogP contribution in [0.5, 0.6) is 0 Å². The fourth-order valence-corrected chi connectivity index (χ4v) is 5.99. The topological polar surface area (TPSA) is 90.5 Å². The molecule has 1 saturated carbocycles. The Morgan fingerprint density at radius 1 is 1.15 bits per heavy atom. The third-order valence-electron chi connectivity index (χ3n) is 6.23. The molecule has 1 aliphatic heterocycles. The number of nitrogens with one attached hydrogen (secondary N) is 3. The highest BCUT2D eigenvalue weighted by molar-refractivity contribution is 14.1. The lowest BCUT2D eigenvalue weighted by Gasteiger charge is -2.41. The number of hydrogen-bond acceptors (Lipinski definition) is 4. The molecule has 1 saturated heterocycles. The molecular formula is C23H22ClF3IN3O3. The van der Waals surface area contributed by atoms with Gasteiger partial charge in [-0.25, -0.2) is 13.2 Å². The van der Waals surface area contributed by atoms with Crippen molar-refractivity contribution in [1.82, 2.24) is 10.6 Å². The van der Waals surface area contributed by atoms with E-state index < -0.39 is 56.8 Å². The summed E-state index contributed by atoms with van der Waals surface area (Å²) in [6, 6.07) is 6.10. The molecule has 4 N–H and O–H groups in total. The van der Waals surface area contributed by atoms with Crippen molar-refractivity contribution in [1.29, 1.82) is 0 Å². The van der Waals surface area contributed by atoms with E-state index in [1.165, 1.54) is 24.3 Å². The maximum atomic E-state index is 15.1. The van der Waals surface area contributed by atoms with Crippen LogP contribution in [0, 0.1) is 23.4 Å². The number of amides is 2. The summed E-state index contributed by atoms with van der Waals surface area (Å²) in [5.74, 6) is -5.83. The third-order valence-corrected chi connectivity index (χ3v) is 7.66. The van der Waals surface area contributed by atoms with Crippen molar-refractivity contribution in [3.05, 3.63) is 64.4 Å². The highest BCUT2D eigenvalue weighted by Crippen LogP contribution is 2.42. The van der Waals surface area contributed by atoms with Gasteiger partial charge in [0.25, 0.3) is 0 Å². The summed E-state index contributed by atoms with van der Waals surface area (Å²) in [5.41, 5.74) is -0.731. The minimum absolute atomic E-state index is 0.0300. The Bertz CT molecular complexity index is 1130. The molecule has 2 aromatic carbocycles. The van der Waals surface area contributed by atoms with Crippen LogP contribution in [-0.4, -0.2) is 38.7 Å². The standard InChI is InChI=1S/C23H22ClF3IN3O3/c1-23(34)8-11(9-23)30-22(33)19-16(12-3-2-4-13(24)18(12)27)17(20(28)31-19)21(32)29-10-5-6-14(25)15(26)7-10/h2-7,11,16-17,19-20,31,34H,8-9H2,1H3,(H,29,32)(H,30,33)/t11?,16-,17-,19-,20+,23?/m1/s1. The van der Waals surface area contributed by atoms with Crippen LogP contribution in [0.1, 0.15) is 31.2 Å². The molecule has 0 unspecified atom stereocenters. The summed E-state index contributed by atoms with van der Waals surface area (Å²) in [6.07, 6.45) is 0.769. The number of carbonyl (C=O) groups is 2. The van der Waals surface area contributed by atoms with Crippen molar-refractivity contribution < 1.29 is 27.9 Å². The van der Waals surface area contributed by atoms with E-state index in [1.54, 1.807) is 6.92 Å². The Morgan fingerprint density at radius 2 is 1.85 bits per heavy atom. The molecule has 0 aromatic heterocycles. The second-order valence-corrected chi connectivity index (χ2v) is 10.7. The summed E-state index contributed by atoms with van der Waals surface area (Å²) in [4.78, 5) is 26.4. The van der Waals surface area contributed by atoms with Crippen LogP contribution in [-0.2, 0) is 9.59 Å². The average molecular weight is 608 g/mol. The molecule has 1 heterocycles. The summed E-state index contributed by atoms with van der Waals surface area (Å²) in [5, 5.41) is 18.3. The smallest absolute Gasteiger partial charge is 0.238 e. The molecule has 2 aliphatic rings. The van der Waals surface area contributed by atoms with Gasteiger partial charge in [0, 0.05) is 23.7 Å². The summed E-state index contributed by atoms with van der Waals surface area (Å²) < 4.78 is 41.4. The quantitative estimate of drug-likeness (QED) is 0.236. The Morgan fingerprint density at radius 3 is 2.50 bits per heavy atom. The number of halogens is 5. The summed E-state index contributed by atoms with van der Waals surface area (Å²) in [6.45, 7) is 1.67. The molecule has 34 heavy (non-hydrogen) atoms. The van der Waals surface area contributed by atoms with E-state index in [-0.39, 0.29) is 22.3 Å². The Hall–Kier alpha value is -1.89. The first-order chi connectivity index (χ1) is 16.0. The SMILES string of the molecule is CC1(O)CC(NC(=O)[C@@H]2N[C@H](I)[C@H](C(=O)Nc3ccc(F)c(F)c3)[C@H]2c2cccc(Cl)c2F)C1. The van der Waals surface area contributed by atoms with Crippen molar-refractivity contribution in [2.45, 2.75) is 47.4 Å². The fourth-order valence-electron chi connectivity index (χ4n) is 4.65. The van der Waals surface area contributed by atoms with Crippen molar-refractivity contribution >= 4 is 51.7 Å². The first-order valence-electron chi connectivity index (χ1n) is 10.6. The third kappa shape index (κ3) is 5.05. The van der Waals surface area contributed by atoms with Gasteiger partial charge in [0.2, 0.25) is 11.8 Å². The van der Waals surface area contributed by atoms with Crippen molar-refractivity contribution in [3.8, 4) is 0 Å². The molecule has 4 rings (SSSR count). The molecular weight excluding hydrogens is 586 g/mol. The second-order valence-electron chi connectivity index (χ2n) is 8.97. The monoisotopic (exact) mass is 607 g/mol. The van der Waals surface area contributed by atoms with Crippen LogP contribution in [0.25, 0.3) is 0 Å². The van der Waals surface area contributed by atoms with Gasteiger partial charge >= 0.3 is 0 Å². The van der Waals surface area contributed by atoms with Crippen molar-refractivity contribution in [2.24, 2.45) is 5.92 Å². The number of benzene rings is 2. The Balaban J connectivity index is 1.63. The van der Waals surface area contributed by atoms with E-state index in [1.807, 2.05) is 22.6 Å². The number of aliphatic hydroxyl groups is 1. The second kappa shape index (κ2) is 9.63.